The van der Waals surface area contributed by atoms with Gasteiger partial charge in [0.15, 0.2) is 0 Å². The summed E-state index contributed by atoms with van der Waals surface area (Å²) in [5, 5.41) is 7.37. The average molecular weight is 328 g/mol. The number of amidine groups is 1. The first-order valence-electron chi connectivity index (χ1n) is 8.06. The van der Waals surface area contributed by atoms with E-state index < -0.39 is 5.54 Å². The second-order valence-corrected chi connectivity index (χ2v) is 5.99. The number of nitroso groups, excluding NO2 is 1. The monoisotopic (exact) mass is 328 g/mol. The van der Waals surface area contributed by atoms with Gasteiger partial charge >= 0.3 is 0 Å². The van der Waals surface area contributed by atoms with Gasteiger partial charge in [-0.3, -0.25) is 10.4 Å². The maximum absolute atomic E-state index is 11.2. The van der Waals surface area contributed by atoms with E-state index in [0.717, 1.165) is 22.3 Å². The molecule has 5 heteroatoms. The number of nitrogens with zero attached hydrogens (tertiary/aromatic N) is 3. The standard InChI is InChI=1S/C20H16N4O/c25-23-19-17-8-4-5-9-18(17)20(24-22-19,16-6-2-1-3-7-16)14-15-10-12-21-13-11-15/h1-13,24H,14H2. The van der Waals surface area contributed by atoms with Crippen molar-refractivity contribution < 1.29 is 0 Å². The lowest BCUT2D eigenvalue weighted by Gasteiger charge is -2.38. The van der Waals surface area contributed by atoms with Gasteiger partial charge in [-0.15, -0.1) is 4.91 Å². The second-order valence-electron chi connectivity index (χ2n) is 5.99. The van der Waals surface area contributed by atoms with Gasteiger partial charge in [0.2, 0.25) is 5.84 Å². The molecule has 0 aliphatic carbocycles. The fourth-order valence-electron chi connectivity index (χ4n) is 3.38. The normalized spacial score (nSPS) is 18.6. The van der Waals surface area contributed by atoms with Gasteiger partial charge in [-0.1, -0.05) is 54.6 Å². The van der Waals surface area contributed by atoms with Gasteiger partial charge < -0.3 is 0 Å². The lowest BCUT2D eigenvalue weighted by atomic mass is 9.76. The molecule has 2 aromatic carbocycles. The molecule has 0 bridgehead atoms. The Morgan fingerprint density at radius 3 is 2.40 bits per heavy atom. The maximum Gasteiger partial charge on any atom is 0.222 e. The number of aromatic nitrogens is 1. The van der Waals surface area contributed by atoms with Crippen LogP contribution in [0.3, 0.4) is 0 Å². The van der Waals surface area contributed by atoms with Crippen LogP contribution in [0.4, 0.5) is 0 Å². The van der Waals surface area contributed by atoms with Gasteiger partial charge in [0.25, 0.3) is 0 Å². The van der Waals surface area contributed by atoms with E-state index >= 15 is 0 Å². The molecule has 1 unspecified atom stereocenters. The van der Waals surface area contributed by atoms with E-state index in [1.807, 2.05) is 54.6 Å². The molecular formula is C20H16N4O. The fraction of sp³-hybridized carbons (Fsp3) is 0.100. The first kappa shape index (κ1) is 15.2. The zero-order chi connectivity index (χ0) is 17.1. The fourth-order valence-corrected chi connectivity index (χ4v) is 3.38. The van der Waals surface area contributed by atoms with Crippen LogP contribution in [0.1, 0.15) is 22.3 Å². The van der Waals surface area contributed by atoms with Crippen molar-refractivity contribution in [2.45, 2.75) is 12.0 Å². The molecule has 0 fully saturated rings. The van der Waals surface area contributed by atoms with Crippen LogP contribution in [0.5, 0.6) is 0 Å². The summed E-state index contributed by atoms with van der Waals surface area (Å²) in [6.07, 6.45) is 4.24. The first-order chi connectivity index (χ1) is 12.3. The van der Waals surface area contributed by atoms with Crippen molar-refractivity contribution >= 4 is 5.84 Å². The van der Waals surface area contributed by atoms with Crippen LogP contribution in [0.2, 0.25) is 0 Å². The van der Waals surface area contributed by atoms with E-state index in [-0.39, 0.29) is 5.84 Å². The Kier molecular flexibility index (Phi) is 3.82. The molecule has 25 heavy (non-hydrogen) atoms. The molecule has 0 radical (unpaired) electrons. The van der Waals surface area contributed by atoms with Crippen molar-refractivity contribution in [2.24, 2.45) is 10.3 Å². The summed E-state index contributed by atoms with van der Waals surface area (Å²) in [4.78, 5) is 15.3. The number of nitrogens with one attached hydrogen (secondary N) is 1. The minimum Gasteiger partial charge on any atom is -0.292 e. The highest BCUT2D eigenvalue weighted by Crippen LogP contribution is 2.38. The Balaban J connectivity index is 1.94. The van der Waals surface area contributed by atoms with Crippen molar-refractivity contribution in [3.05, 3.63) is 106 Å². The summed E-state index contributed by atoms with van der Waals surface area (Å²) in [5.41, 5.74) is 6.60. The Morgan fingerprint density at radius 1 is 0.920 bits per heavy atom. The van der Waals surface area contributed by atoms with E-state index in [9.17, 15) is 4.91 Å². The molecule has 0 saturated heterocycles. The number of benzene rings is 2. The third kappa shape index (κ3) is 2.59. The molecule has 122 valence electrons. The highest BCUT2D eigenvalue weighted by Gasteiger charge is 2.40. The molecule has 1 atom stereocenters. The van der Waals surface area contributed by atoms with E-state index in [2.05, 4.69) is 32.8 Å². The van der Waals surface area contributed by atoms with E-state index in [1.165, 1.54) is 0 Å². The number of pyridine rings is 1. The van der Waals surface area contributed by atoms with Crippen molar-refractivity contribution in [1.29, 1.82) is 0 Å². The first-order valence-corrected chi connectivity index (χ1v) is 8.06. The smallest absolute Gasteiger partial charge is 0.222 e. The summed E-state index contributed by atoms with van der Waals surface area (Å²) >= 11 is 0. The molecular weight excluding hydrogens is 312 g/mol. The zero-order valence-corrected chi connectivity index (χ0v) is 13.5. The van der Waals surface area contributed by atoms with E-state index in [4.69, 9.17) is 0 Å². The highest BCUT2D eigenvalue weighted by molar-refractivity contribution is 6.01. The Morgan fingerprint density at radius 2 is 1.64 bits per heavy atom. The highest BCUT2D eigenvalue weighted by atomic mass is 16.3. The van der Waals surface area contributed by atoms with E-state index in [1.54, 1.807) is 12.4 Å². The van der Waals surface area contributed by atoms with Gasteiger partial charge in [0, 0.05) is 24.4 Å². The van der Waals surface area contributed by atoms with Crippen LogP contribution in [-0.4, -0.2) is 10.8 Å². The van der Waals surface area contributed by atoms with Crippen molar-refractivity contribution in [1.82, 2.24) is 10.4 Å². The van der Waals surface area contributed by atoms with Crippen LogP contribution in [-0.2, 0) is 12.0 Å². The molecule has 0 amide bonds. The van der Waals surface area contributed by atoms with Crippen molar-refractivity contribution in [3.63, 3.8) is 0 Å². The molecule has 0 saturated carbocycles. The minimum absolute atomic E-state index is 0.178. The summed E-state index contributed by atoms with van der Waals surface area (Å²) in [7, 11) is 0. The summed E-state index contributed by atoms with van der Waals surface area (Å²) in [6, 6.07) is 21.9. The second kappa shape index (κ2) is 6.28. The quantitative estimate of drug-likeness (QED) is 0.747. The molecule has 2 heterocycles. The van der Waals surface area contributed by atoms with E-state index in [0.29, 0.717) is 6.42 Å². The molecule has 1 aromatic heterocycles. The molecule has 1 N–H and O–H groups in total. The van der Waals surface area contributed by atoms with Crippen LogP contribution in [0, 0.1) is 4.91 Å². The summed E-state index contributed by atoms with van der Waals surface area (Å²) in [5.74, 6) is 0.178. The van der Waals surface area contributed by atoms with Crippen LogP contribution in [0.25, 0.3) is 0 Å². The minimum atomic E-state index is -0.576. The number of rotatable bonds is 3. The van der Waals surface area contributed by atoms with Gasteiger partial charge in [-0.05, 0) is 34.0 Å². The van der Waals surface area contributed by atoms with Gasteiger partial charge in [0.1, 0.15) is 5.54 Å². The van der Waals surface area contributed by atoms with Crippen LogP contribution in [0.15, 0.2) is 89.4 Å². The number of fused-ring (bicyclic) bond motifs is 1. The predicted molar refractivity (Wildman–Crippen MR) is 97.1 cm³/mol. The third-order valence-corrected chi connectivity index (χ3v) is 4.55. The lowest BCUT2D eigenvalue weighted by molar-refractivity contribution is 0.402. The Hall–Kier alpha value is -3.34. The van der Waals surface area contributed by atoms with Gasteiger partial charge in [-0.25, -0.2) is 0 Å². The summed E-state index contributed by atoms with van der Waals surface area (Å²) < 4.78 is 0. The van der Waals surface area contributed by atoms with Gasteiger partial charge in [-0.2, -0.15) is 5.10 Å². The van der Waals surface area contributed by atoms with Crippen LogP contribution < -0.4 is 5.43 Å². The maximum atomic E-state index is 11.2. The molecule has 1 aliphatic heterocycles. The Labute approximate surface area is 145 Å². The predicted octanol–water partition coefficient (Wildman–Crippen LogP) is 3.60. The lowest BCUT2D eigenvalue weighted by Crippen LogP contribution is -2.46. The molecule has 0 spiro atoms. The zero-order valence-electron chi connectivity index (χ0n) is 13.5. The number of hydrazone groups is 1. The number of hydrogen-bond acceptors (Lipinski definition) is 5. The SMILES string of the molecule is O=NC1=NNC(Cc2ccncc2)(c2ccccc2)c2ccccc21. The van der Waals surface area contributed by atoms with Crippen molar-refractivity contribution in [2.75, 3.05) is 0 Å². The van der Waals surface area contributed by atoms with Gasteiger partial charge in [0.05, 0.1) is 0 Å². The largest absolute Gasteiger partial charge is 0.292 e. The molecule has 1 aliphatic rings. The molecule has 5 nitrogen and oxygen atoms in total. The average Bonchev–Trinajstić information content (AvgIpc) is 2.70. The van der Waals surface area contributed by atoms with Crippen LogP contribution >= 0.6 is 0 Å². The number of hydrogen-bond donors (Lipinski definition) is 1. The Bertz CT molecular complexity index is 925. The third-order valence-electron chi connectivity index (χ3n) is 4.55. The molecule has 4 rings (SSSR count). The topological polar surface area (TPSA) is 66.7 Å². The molecule has 3 aromatic rings. The summed E-state index contributed by atoms with van der Waals surface area (Å²) in [6.45, 7) is 0. The van der Waals surface area contributed by atoms with Crippen molar-refractivity contribution in [3.8, 4) is 0 Å².